The summed E-state index contributed by atoms with van der Waals surface area (Å²) in [5, 5.41) is 3.45. The number of ether oxygens (including phenoxy) is 2. The number of piperidine rings is 1. The Labute approximate surface area is 180 Å². The number of rotatable bonds is 5. The highest BCUT2D eigenvalue weighted by atomic mass is 127. The van der Waals surface area contributed by atoms with Gasteiger partial charge in [0.25, 0.3) is 0 Å². The Kier molecular flexibility index (Phi) is 8.63. The van der Waals surface area contributed by atoms with Crippen molar-refractivity contribution >= 4 is 39.8 Å². The van der Waals surface area contributed by atoms with Gasteiger partial charge in [0.1, 0.15) is 0 Å². The number of likely N-dealkylation sites (tertiary alicyclic amines) is 1. The summed E-state index contributed by atoms with van der Waals surface area (Å²) in [5.41, 5.74) is 0. The van der Waals surface area contributed by atoms with Crippen LogP contribution in [0.2, 0.25) is 0 Å². The maximum absolute atomic E-state index is 11.7. The lowest BCUT2D eigenvalue weighted by Gasteiger charge is -2.41. The van der Waals surface area contributed by atoms with Crippen LogP contribution >= 0.6 is 24.0 Å². The van der Waals surface area contributed by atoms with Gasteiger partial charge in [0, 0.05) is 32.1 Å². The first-order valence-corrected chi connectivity index (χ1v) is 11.8. The fourth-order valence-corrected chi connectivity index (χ4v) is 5.95. The Morgan fingerprint density at radius 1 is 1.30 bits per heavy atom. The summed E-state index contributed by atoms with van der Waals surface area (Å²) < 4.78 is 35.1. The number of hydrogen-bond acceptors (Lipinski definition) is 5. The van der Waals surface area contributed by atoms with E-state index in [1.54, 1.807) is 0 Å². The molecule has 3 aliphatic rings. The zero-order valence-corrected chi connectivity index (χ0v) is 19.6. The molecule has 9 heteroatoms. The van der Waals surface area contributed by atoms with E-state index in [4.69, 9.17) is 14.5 Å². The van der Waals surface area contributed by atoms with Crippen LogP contribution in [0, 0.1) is 11.8 Å². The minimum Gasteiger partial charge on any atom is -0.356 e. The first-order valence-electron chi connectivity index (χ1n) is 9.93. The summed E-state index contributed by atoms with van der Waals surface area (Å²) >= 11 is 0. The van der Waals surface area contributed by atoms with Crippen molar-refractivity contribution in [3.63, 3.8) is 0 Å². The van der Waals surface area contributed by atoms with Gasteiger partial charge in [0.05, 0.1) is 24.7 Å². The van der Waals surface area contributed by atoms with Crippen molar-refractivity contribution < 1.29 is 17.9 Å². The molecule has 158 valence electrons. The van der Waals surface area contributed by atoms with Crippen molar-refractivity contribution in [3.8, 4) is 0 Å². The quantitative estimate of drug-likeness (QED) is 0.342. The number of halogens is 1. The van der Waals surface area contributed by atoms with Gasteiger partial charge in [-0.05, 0) is 38.5 Å². The van der Waals surface area contributed by atoms with Gasteiger partial charge < -0.3 is 19.7 Å². The monoisotopic (exact) mass is 515 g/mol. The third-order valence-corrected chi connectivity index (χ3v) is 7.52. The second kappa shape index (κ2) is 10.1. The Balaban J connectivity index is 0.00000261. The highest BCUT2D eigenvalue weighted by Gasteiger charge is 2.42. The van der Waals surface area contributed by atoms with Crippen molar-refractivity contribution in [3.05, 3.63) is 0 Å². The molecule has 0 aromatic heterocycles. The third-order valence-electron chi connectivity index (χ3n) is 5.68. The third kappa shape index (κ3) is 6.17. The zero-order chi connectivity index (χ0) is 18.6. The molecule has 2 unspecified atom stereocenters. The largest absolute Gasteiger partial charge is 0.356 e. The highest BCUT2D eigenvalue weighted by molar-refractivity contribution is 14.0. The molecular weight excluding hydrogens is 481 g/mol. The van der Waals surface area contributed by atoms with E-state index in [2.05, 4.69) is 17.1 Å². The van der Waals surface area contributed by atoms with E-state index in [1.165, 1.54) is 0 Å². The van der Waals surface area contributed by atoms with Crippen molar-refractivity contribution in [2.24, 2.45) is 16.8 Å². The smallest absolute Gasteiger partial charge is 0.193 e. The number of nitrogens with one attached hydrogen (secondary N) is 1. The molecule has 1 N–H and O–H groups in total. The lowest BCUT2D eigenvalue weighted by Crippen LogP contribution is -2.52. The average molecular weight is 515 g/mol. The molecule has 0 amide bonds. The molecule has 3 fully saturated rings. The molecule has 0 aliphatic carbocycles. The van der Waals surface area contributed by atoms with Gasteiger partial charge >= 0.3 is 0 Å². The number of aliphatic imine (C=N–C) groups is 1. The van der Waals surface area contributed by atoms with Gasteiger partial charge in [0.2, 0.25) is 0 Å². The summed E-state index contributed by atoms with van der Waals surface area (Å²) in [6.07, 6.45) is 3.93. The predicted octanol–water partition coefficient (Wildman–Crippen LogP) is 1.87. The molecule has 2 atom stereocenters. The number of guanidine groups is 1. The Bertz CT molecular complexity index is 608. The molecule has 3 rings (SSSR count). The van der Waals surface area contributed by atoms with Crippen LogP contribution < -0.4 is 5.32 Å². The fraction of sp³-hybridized carbons (Fsp3) is 0.944. The van der Waals surface area contributed by atoms with Crippen molar-refractivity contribution in [2.45, 2.75) is 45.3 Å². The number of hydrogen-bond donors (Lipinski definition) is 1. The molecule has 27 heavy (non-hydrogen) atoms. The first-order chi connectivity index (χ1) is 12.4. The molecular formula is C18H34IN3O4S. The van der Waals surface area contributed by atoms with Crippen molar-refractivity contribution in [1.82, 2.24) is 10.2 Å². The second-order valence-electron chi connectivity index (χ2n) is 7.86. The summed E-state index contributed by atoms with van der Waals surface area (Å²) in [4.78, 5) is 7.10. The van der Waals surface area contributed by atoms with Crippen LogP contribution in [0.1, 0.15) is 39.5 Å². The normalized spacial score (nSPS) is 30.1. The lowest BCUT2D eigenvalue weighted by molar-refractivity contribution is -0.189. The van der Waals surface area contributed by atoms with E-state index >= 15 is 0 Å². The molecule has 0 spiro atoms. The fourth-order valence-electron chi connectivity index (χ4n) is 4.10. The molecule has 0 radical (unpaired) electrons. The van der Waals surface area contributed by atoms with Gasteiger partial charge in [-0.15, -0.1) is 24.0 Å². The maximum Gasteiger partial charge on any atom is 0.193 e. The van der Waals surface area contributed by atoms with Crippen LogP contribution in [0.4, 0.5) is 0 Å². The molecule has 0 bridgehead atoms. The Hall–Kier alpha value is -0.130. The molecule has 0 saturated carbocycles. The van der Waals surface area contributed by atoms with Crippen molar-refractivity contribution in [2.75, 3.05) is 50.9 Å². The molecule has 7 nitrogen and oxygen atoms in total. The predicted molar refractivity (Wildman–Crippen MR) is 117 cm³/mol. The second-order valence-corrected chi connectivity index (χ2v) is 10.1. The standard InChI is InChI=1S/C18H33N3O4S.HI/c1-3-7-19-17(20-12-15-6-11-26(22,23)14-15)21-8-4-5-16(13-21)18(2)24-9-10-25-18;/h15-16H,3-14H2,1-2H3,(H,19,20);1H. The highest BCUT2D eigenvalue weighted by Crippen LogP contribution is 2.34. The van der Waals surface area contributed by atoms with Gasteiger partial charge in [-0.25, -0.2) is 8.42 Å². The van der Waals surface area contributed by atoms with Crippen LogP contribution in [-0.2, 0) is 19.3 Å². The first kappa shape index (κ1) is 23.2. The summed E-state index contributed by atoms with van der Waals surface area (Å²) in [7, 11) is -2.85. The minimum atomic E-state index is -2.85. The van der Waals surface area contributed by atoms with Crippen LogP contribution in [0.3, 0.4) is 0 Å². The summed E-state index contributed by atoms with van der Waals surface area (Å²) in [6.45, 7) is 8.78. The molecule has 3 saturated heterocycles. The van der Waals surface area contributed by atoms with Gasteiger partial charge in [-0.1, -0.05) is 6.92 Å². The Morgan fingerprint density at radius 2 is 2.04 bits per heavy atom. The van der Waals surface area contributed by atoms with E-state index in [9.17, 15) is 8.42 Å². The summed E-state index contributed by atoms with van der Waals surface area (Å²) in [6, 6.07) is 0. The molecule has 3 aliphatic heterocycles. The van der Waals surface area contributed by atoms with Gasteiger partial charge in [-0.2, -0.15) is 0 Å². The SMILES string of the molecule is CCCNC(=NCC1CCS(=O)(=O)C1)N1CCCC(C2(C)OCCO2)C1.I. The average Bonchev–Trinajstić information content (AvgIpc) is 3.21. The number of sulfone groups is 1. The van der Waals surface area contributed by atoms with E-state index < -0.39 is 15.6 Å². The van der Waals surface area contributed by atoms with Crippen LogP contribution in [-0.4, -0.2) is 76.0 Å². The van der Waals surface area contributed by atoms with Gasteiger partial charge in [0.15, 0.2) is 21.6 Å². The molecule has 3 heterocycles. The maximum atomic E-state index is 11.7. The topological polar surface area (TPSA) is 80.2 Å². The zero-order valence-electron chi connectivity index (χ0n) is 16.5. The lowest BCUT2D eigenvalue weighted by atomic mass is 9.90. The van der Waals surface area contributed by atoms with Gasteiger partial charge in [-0.3, -0.25) is 4.99 Å². The Morgan fingerprint density at radius 3 is 2.67 bits per heavy atom. The van der Waals surface area contributed by atoms with Crippen LogP contribution in [0.15, 0.2) is 4.99 Å². The minimum absolute atomic E-state index is 0. The van der Waals surface area contributed by atoms with E-state index in [1.807, 2.05) is 6.92 Å². The molecule has 0 aromatic rings. The summed E-state index contributed by atoms with van der Waals surface area (Å²) in [5.74, 6) is 1.47. The van der Waals surface area contributed by atoms with E-state index in [0.29, 0.717) is 31.4 Å². The van der Waals surface area contributed by atoms with E-state index in [0.717, 1.165) is 51.3 Å². The molecule has 0 aromatic carbocycles. The van der Waals surface area contributed by atoms with Crippen LogP contribution in [0.25, 0.3) is 0 Å². The van der Waals surface area contributed by atoms with Crippen molar-refractivity contribution in [1.29, 1.82) is 0 Å². The van der Waals surface area contributed by atoms with E-state index in [-0.39, 0.29) is 35.6 Å². The van der Waals surface area contributed by atoms with Crippen LogP contribution in [0.5, 0.6) is 0 Å². The number of nitrogens with zero attached hydrogens (tertiary/aromatic N) is 2.